The summed E-state index contributed by atoms with van der Waals surface area (Å²) in [6.07, 6.45) is 2.24. The fourth-order valence-electron chi connectivity index (χ4n) is 3.82. The van der Waals surface area contributed by atoms with Crippen molar-refractivity contribution < 1.29 is 0 Å². The first-order chi connectivity index (χ1) is 15.5. The molecule has 0 spiro atoms. The molecule has 0 saturated heterocycles. The highest BCUT2D eigenvalue weighted by Gasteiger charge is 2.13. The van der Waals surface area contributed by atoms with Crippen molar-refractivity contribution in [2.24, 2.45) is 0 Å². The van der Waals surface area contributed by atoms with Crippen molar-refractivity contribution in [3.8, 4) is 0 Å². The first-order valence-corrected chi connectivity index (χ1v) is 12.4. The molecule has 7 heteroatoms. The van der Waals surface area contributed by atoms with Crippen molar-refractivity contribution in [2.45, 2.75) is 47.5 Å². The number of hydrogen-bond acceptors (Lipinski definition) is 6. The number of halogens is 1. The number of hydrogen-bond donors (Lipinski definition) is 1. The van der Waals surface area contributed by atoms with Gasteiger partial charge in [0.15, 0.2) is 0 Å². The zero-order valence-electron chi connectivity index (χ0n) is 20.6. The van der Waals surface area contributed by atoms with Crippen molar-refractivity contribution in [3.05, 3.63) is 41.0 Å². The normalized spacial score (nSPS) is 11.4. The van der Waals surface area contributed by atoms with Crippen LogP contribution < -0.4 is 10.2 Å². The van der Waals surface area contributed by atoms with Crippen LogP contribution in [0.3, 0.4) is 0 Å². The van der Waals surface area contributed by atoms with Crippen molar-refractivity contribution in [2.75, 3.05) is 62.6 Å². The maximum absolute atomic E-state index is 6.02. The molecule has 0 radical (unpaired) electrons. The SMILES string of the molecule is CCN(CC)CCCN(CCCN(CC)CC)c1cc(C)nc(Nc2ccc(Cl)cc2)n1. The second-order valence-electron chi connectivity index (χ2n) is 8.07. The van der Waals surface area contributed by atoms with Crippen LogP contribution in [0.25, 0.3) is 0 Å². The largest absolute Gasteiger partial charge is 0.356 e. The summed E-state index contributed by atoms with van der Waals surface area (Å²) in [4.78, 5) is 16.9. The van der Waals surface area contributed by atoms with Gasteiger partial charge in [-0.05, 0) is 83.3 Å². The van der Waals surface area contributed by atoms with Crippen molar-refractivity contribution in [3.63, 3.8) is 0 Å². The summed E-state index contributed by atoms with van der Waals surface area (Å²) >= 11 is 6.02. The Morgan fingerprint density at radius 2 is 1.31 bits per heavy atom. The standard InChI is InChI=1S/C25H41ClN6/c1-6-30(7-2)16-10-18-32(19-11-17-31(8-3)9-4)24-20-21(5)27-25(29-24)28-23-14-12-22(26)13-15-23/h12-15,20H,6-11,16-19H2,1-5H3,(H,27,28,29). The molecule has 0 unspecified atom stereocenters. The molecular formula is C25H41ClN6. The van der Waals surface area contributed by atoms with E-state index < -0.39 is 0 Å². The van der Waals surface area contributed by atoms with Gasteiger partial charge in [0.2, 0.25) is 5.95 Å². The summed E-state index contributed by atoms with van der Waals surface area (Å²) in [6.45, 7) is 19.5. The molecule has 178 valence electrons. The second-order valence-corrected chi connectivity index (χ2v) is 8.51. The van der Waals surface area contributed by atoms with Crippen LogP contribution in [-0.2, 0) is 0 Å². The Bertz CT molecular complexity index is 757. The van der Waals surface area contributed by atoms with Gasteiger partial charge < -0.3 is 20.0 Å². The van der Waals surface area contributed by atoms with E-state index >= 15 is 0 Å². The minimum absolute atomic E-state index is 0.625. The Labute approximate surface area is 200 Å². The molecule has 1 aromatic heterocycles. The van der Waals surface area contributed by atoms with E-state index in [1.807, 2.05) is 31.2 Å². The monoisotopic (exact) mass is 460 g/mol. The van der Waals surface area contributed by atoms with Gasteiger partial charge in [0, 0.05) is 35.6 Å². The van der Waals surface area contributed by atoms with Crippen molar-refractivity contribution in [1.29, 1.82) is 0 Å². The van der Waals surface area contributed by atoms with Crippen LogP contribution in [0.15, 0.2) is 30.3 Å². The average molecular weight is 461 g/mol. The molecule has 0 fully saturated rings. The smallest absolute Gasteiger partial charge is 0.229 e. The molecule has 2 aromatic rings. The lowest BCUT2D eigenvalue weighted by molar-refractivity contribution is 0.294. The van der Waals surface area contributed by atoms with E-state index in [0.29, 0.717) is 11.0 Å². The highest BCUT2D eigenvalue weighted by atomic mass is 35.5. The zero-order valence-corrected chi connectivity index (χ0v) is 21.3. The van der Waals surface area contributed by atoms with E-state index in [1.165, 1.54) is 0 Å². The van der Waals surface area contributed by atoms with Crippen LogP contribution in [0, 0.1) is 6.92 Å². The number of anilines is 3. The number of aryl methyl sites for hydroxylation is 1. The van der Waals surface area contributed by atoms with Crippen molar-refractivity contribution in [1.82, 2.24) is 19.8 Å². The van der Waals surface area contributed by atoms with Gasteiger partial charge in [-0.2, -0.15) is 4.98 Å². The quantitative estimate of drug-likeness (QED) is 0.381. The first-order valence-electron chi connectivity index (χ1n) is 12.1. The van der Waals surface area contributed by atoms with Crippen LogP contribution in [0.2, 0.25) is 5.02 Å². The molecule has 0 aliphatic heterocycles. The van der Waals surface area contributed by atoms with E-state index in [9.17, 15) is 0 Å². The molecule has 1 aromatic carbocycles. The number of nitrogens with zero attached hydrogens (tertiary/aromatic N) is 5. The van der Waals surface area contributed by atoms with Crippen LogP contribution in [0.1, 0.15) is 46.2 Å². The molecule has 6 nitrogen and oxygen atoms in total. The van der Waals surface area contributed by atoms with Gasteiger partial charge in [0.1, 0.15) is 5.82 Å². The Morgan fingerprint density at radius 3 is 1.81 bits per heavy atom. The van der Waals surface area contributed by atoms with E-state index in [0.717, 1.165) is 82.4 Å². The summed E-state index contributed by atoms with van der Waals surface area (Å²) in [6, 6.07) is 9.72. The van der Waals surface area contributed by atoms with Crippen LogP contribution in [0.5, 0.6) is 0 Å². The first kappa shape index (κ1) is 26.4. The van der Waals surface area contributed by atoms with E-state index in [1.54, 1.807) is 0 Å². The molecule has 1 heterocycles. The summed E-state index contributed by atoms with van der Waals surface area (Å²) in [5, 5.41) is 4.05. The van der Waals surface area contributed by atoms with Gasteiger partial charge in [-0.3, -0.25) is 0 Å². The number of nitrogens with one attached hydrogen (secondary N) is 1. The molecule has 1 N–H and O–H groups in total. The third kappa shape index (κ3) is 8.93. The summed E-state index contributed by atoms with van der Waals surface area (Å²) in [5.74, 6) is 1.62. The molecular weight excluding hydrogens is 420 g/mol. The molecule has 2 rings (SSSR count). The third-order valence-corrected chi connectivity index (χ3v) is 6.11. The summed E-state index contributed by atoms with van der Waals surface area (Å²) < 4.78 is 0. The summed E-state index contributed by atoms with van der Waals surface area (Å²) in [5.41, 5.74) is 1.89. The zero-order chi connectivity index (χ0) is 23.3. The lowest BCUT2D eigenvalue weighted by Crippen LogP contribution is -2.33. The minimum Gasteiger partial charge on any atom is -0.356 e. The Hall–Kier alpha value is -1.89. The topological polar surface area (TPSA) is 47.5 Å². The molecule has 0 amide bonds. The molecule has 0 aliphatic carbocycles. The van der Waals surface area contributed by atoms with Gasteiger partial charge >= 0.3 is 0 Å². The van der Waals surface area contributed by atoms with Gasteiger partial charge in [-0.1, -0.05) is 39.3 Å². The van der Waals surface area contributed by atoms with Crippen LogP contribution >= 0.6 is 11.6 Å². The van der Waals surface area contributed by atoms with E-state index in [2.05, 4.69) is 58.8 Å². The fourth-order valence-corrected chi connectivity index (χ4v) is 3.95. The molecule has 0 bridgehead atoms. The van der Waals surface area contributed by atoms with Gasteiger partial charge in [-0.15, -0.1) is 0 Å². The molecule has 0 saturated carbocycles. The lowest BCUT2D eigenvalue weighted by atomic mass is 10.2. The average Bonchev–Trinajstić information content (AvgIpc) is 2.79. The van der Waals surface area contributed by atoms with Gasteiger partial charge in [0.25, 0.3) is 0 Å². The predicted molar refractivity (Wildman–Crippen MR) is 139 cm³/mol. The maximum atomic E-state index is 6.02. The lowest BCUT2D eigenvalue weighted by Gasteiger charge is -2.27. The van der Waals surface area contributed by atoms with Gasteiger partial charge in [0.05, 0.1) is 0 Å². The Morgan fingerprint density at radius 1 is 0.781 bits per heavy atom. The Kier molecular flexibility index (Phi) is 11.8. The number of rotatable bonds is 15. The molecule has 32 heavy (non-hydrogen) atoms. The predicted octanol–water partition coefficient (Wildman–Crippen LogP) is 5.45. The summed E-state index contributed by atoms with van der Waals surface area (Å²) in [7, 11) is 0. The number of benzene rings is 1. The van der Waals surface area contributed by atoms with Crippen LogP contribution in [0.4, 0.5) is 17.5 Å². The van der Waals surface area contributed by atoms with E-state index in [-0.39, 0.29) is 0 Å². The number of aromatic nitrogens is 2. The molecule has 0 aliphatic rings. The third-order valence-electron chi connectivity index (χ3n) is 5.86. The van der Waals surface area contributed by atoms with Crippen molar-refractivity contribution >= 4 is 29.1 Å². The maximum Gasteiger partial charge on any atom is 0.229 e. The highest BCUT2D eigenvalue weighted by molar-refractivity contribution is 6.30. The van der Waals surface area contributed by atoms with Gasteiger partial charge in [-0.25, -0.2) is 4.98 Å². The van der Waals surface area contributed by atoms with E-state index in [4.69, 9.17) is 16.6 Å². The minimum atomic E-state index is 0.625. The Balaban J connectivity index is 2.13. The van der Waals surface area contributed by atoms with Crippen LogP contribution in [-0.4, -0.2) is 72.1 Å². The highest BCUT2D eigenvalue weighted by Crippen LogP contribution is 2.20. The molecule has 0 atom stereocenters. The fraction of sp³-hybridized carbons (Fsp3) is 0.600. The second kappa shape index (κ2) is 14.3.